The van der Waals surface area contributed by atoms with E-state index in [1.165, 1.54) is 4.70 Å². The summed E-state index contributed by atoms with van der Waals surface area (Å²) < 4.78 is 11.0. The molecule has 0 aliphatic carbocycles. The number of hydrogen-bond donors (Lipinski definition) is 0. The molecule has 266 valence electrons. The van der Waals surface area contributed by atoms with Crippen molar-refractivity contribution in [2.24, 2.45) is 0 Å². The molecule has 12 rings (SSSR count). The molecule has 8 heteroatoms. The van der Waals surface area contributed by atoms with Crippen molar-refractivity contribution >= 4 is 85.1 Å². The molecule has 12 aromatic rings. The zero-order valence-corrected chi connectivity index (χ0v) is 31.7. The molecule has 5 aromatic heterocycles. The van der Waals surface area contributed by atoms with Crippen molar-refractivity contribution < 1.29 is 4.42 Å². The number of thiophene rings is 2. The zero-order chi connectivity index (χ0) is 37.5. The summed E-state index contributed by atoms with van der Waals surface area (Å²) in [6.07, 6.45) is 0. The van der Waals surface area contributed by atoms with Crippen LogP contribution >= 0.6 is 22.7 Å². The number of furan rings is 1. The van der Waals surface area contributed by atoms with Gasteiger partial charge in [-0.05, 0) is 30.3 Å². The number of benzene rings is 7. The third-order valence-corrected chi connectivity index (χ3v) is 12.9. The normalized spacial score (nSPS) is 11.9. The first-order chi connectivity index (χ1) is 28.2. The lowest BCUT2D eigenvalue weighted by Crippen LogP contribution is -2.00. The summed E-state index contributed by atoms with van der Waals surface area (Å²) in [5, 5.41) is 5.47. The van der Waals surface area contributed by atoms with Gasteiger partial charge in [-0.25, -0.2) is 24.9 Å². The lowest BCUT2D eigenvalue weighted by atomic mass is 10.0. The van der Waals surface area contributed by atoms with E-state index in [0.29, 0.717) is 23.3 Å². The monoisotopic (exact) mass is 765 g/mol. The Hall–Kier alpha value is -7.13. The molecule has 0 fully saturated rings. The minimum absolute atomic E-state index is 0.560. The molecule has 0 N–H and O–H groups in total. The Morgan fingerprint density at radius 3 is 1.89 bits per heavy atom. The molecule has 0 atom stereocenters. The van der Waals surface area contributed by atoms with Crippen LogP contribution in [-0.4, -0.2) is 24.9 Å². The van der Waals surface area contributed by atoms with Crippen LogP contribution in [0, 0.1) is 0 Å². The first kappa shape index (κ1) is 32.1. The molecule has 0 aliphatic rings. The van der Waals surface area contributed by atoms with E-state index in [4.69, 9.17) is 29.3 Å². The maximum Gasteiger partial charge on any atom is 0.167 e. The molecule has 0 unspecified atom stereocenters. The van der Waals surface area contributed by atoms with E-state index in [1.54, 1.807) is 22.7 Å². The van der Waals surface area contributed by atoms with Gasteiger partial charge in [-0.3, -0.25) is 0 Å². The van der Waals surface area contributed by atoms with Crippen LogP contribution in [0.15, 0.2) is 168 Å². The van der Waals surface area contributed by atoms with Crippen molar-refractivity contribution in [3.8, 4) is 56.8 Å². The molecular weight excluding hydrogens is 739 g/mol. The van der Waals surface area contributed by atoms with E-state index in [9.17, 15) is 0 Å². The molecule has 0 saturated heterocycles. The number of para-hydroxylation sites is 2. The molecule has 0 radical (unpaired) electrons. The zero-order valence-electron chi connectivity index (χ0n) is 30.0. The second-order valence-electron chi connectivity index (χ2n) is 14.0. The average Bonchev–Trinajstić information content (AvgIpc) is 3.97. The summed E-state index contributed by atoms with van der Waals surface area (Å²) in [4.78, 5) is 25.9. The molecule has 0 bridgehead atoms. The Morgan fingerprint density at radius 2 is 1.04 bits per heavy atom. The predicted molar refractivity (Wildman–Crippen MR) is 236 cm³/mol. The highest BCUT2D eigenvalue weighted by Crippen LogP contribution is 2.43. The summed E-state index contributed by atoms with van der Waals surface area (Å²) in [5.41, 5.74) is 8.25. The number of aromatic nitrogens is 5. The van der Waals surface area contributed by atoms with Gasteiger partial charge < -0.3 is 4.42 Å². The minimum Gasteiger partial charge on any atom is -0.455 e. The lowest BCUT2D eigenvalue weighted by Gasteiger charge is -2.10. The second-order valence-corrected chi connectivity index (χ2v) is 16.1. The fourth-order valence-corrected chi connectivity index (χ4v) is 10.2. The van der Waals surface area contributed by atoms with E-state index >= 15 is 0 Å². The molecule has 57 heavy (non-hydrogen) atoms. The molecule has 5 heterocycles. The summed E-state index contributed by atoms with van der Waals surface area (Å²) in [6.45, 7) is 0. The largest absolute Gasteiger partial charge is 0.455 e. The average molecular weight is 766 g/mol. The topological polar surface area (TPSA) is 77.6 Å². The third-order valence-electron chi connectivity index (χ3n) is 10.6. The number of fused-ring (bicyclic) bond motifs is 9. The van der Waals surface area contributed by atoms with Gasteiger partial charge in [0.1, 0.15) is 11.2 Å². The second kappa shape index (κ2) is 12.7. The Bertz CT molecular complexity index is 3540. The molecule has 0 spiro atoms. The highest BCUT2D eigenvalue weighted by Gasteiger charge is 2.21. The van der Waals surface area contributed by atoms with Crippen molar-refractivity contribution in [1.82, 2.24) is 24.9 Å². The minimum atomic E-state index is 0.560. The Morgan fingerprint density at radius 1 is 0.386 bits per heavy atom. The van der Waals surface area contributed by atoms with Crippen LogP contribution in [0.25, 0.3) is 119 Å². The summed E-state index contributed by atoms with van der Waals surface area (Å²) in [7, 11) is 0. The van der Waals surface area contributed by atoms with Crippen LogP contribution in [0.2, 0.25) is 0 Å². The van der Waals surface area contributed by atoms with Crippen molar-refractivity contribution in [3.05, 3.63) is 164 Å². The van der Waals surface area contributed by atoms with Gasteiger partial charge in [0, 0.05) is 63.3 Å². The van der Waals surface area contributed by atoms with Crippen LogP contribution in [0.5, 0.6) is 0 Å². The third kappa shape index (κ3) is 5.19. The van der Waals surface area contributed by atoms with Gasteiger partial charge in [0.2, 0.25) is 0 Å². The smallest absolute Gasteiger partial charge is 0.167 e. The lowest BCUT2D eigenvalue weighted by molar-refractivity contribution is 0.669. The van der Waals surface area contributed by atoms with E-state index in [-0.39, 0.29) is 0 Å². The number of hydrogen-bond acceptors (Lipinski definition) is 8. The maximum atomic E-state index is 6.46. The van der Waals surface area contributed by atoms with Gasteiger partial charge in [-0.15, -0.1) is 22.7 Å². The van der Waals surface area contributed by atoms with E-state index in [2.05, 4.69) is 97.1 Å². The van der Waals surface area contributed by atoms with Crippen molar-refractivity contribution in [1.29, 1.82) is 0 Å². The van der Waals surface area contributed by atoms with E-state index < -0.39 is 0 Å². The predicted octanol–water partition coefficient (Wildman–Crippen LogP) is 13.6. The van der Waals surface area contributed by atoms with E-state index in [1.807, 2.05) is 66.7 Å². The van der Waals surface area contributed by atoms with Crippen molar-refractivity contribution in [2.45, 2.75) is 0 Å². The summed E-state index contributed by atoms with van der Waals surface area (Å²) in [5.74, 6) is 2.47. The van der Waals surface area contributed by atoms with E-state index in [0.717, 1.165) is 91.2 Å². The fraction of sp³-hybridized carbons (Fsp3) is 0. The number of nitrogens with zero attached hydrogens (tertiary/aromatic N) is 5. The SMILES string of the molecule is c1ccc(-c2nc(-c3cccc4c3oc3ccccc34)nc(-c3cccc4sc5cc(-c6nc(-c7ccccc7)c7sc8ccccc8c7n6)ccc5c34)n2)cc1. The molecule has 0 amide bonds. The Balaban J connectivity index is 1.05. The Labute approximate surface area is 333 Å². The van der Waals surface area contributed by atoms with Crippen LogP contribution < -0.4 is 0 Å². The van der Waals surface area contributed by atoms with Gasteiger partial charge in [0.25, 0.3) is 0 Å². The molecule has 6 nitrogen and oxygen atoms in total. The molecule has 7 aromatic carbocycles. The van der Waals surface area contributed by atoms with Crippen LogP contribution in [0.3, 0.4) is 0 Å². The van der Waals surface area contributed by atoms with Gasteiger partial charge in [-0.1, -0.05) is 133 Å². The molecular formula is C49H27N5OS2. The van der Waals surface area contributed by atoms with Crippen molar-refractivity contribution in [2.75, 3.05) is 0 Å². The summed E-state index contributed by atoms with van der Waals surface area (Å²) >= 11 is 3.50. The highest BCUT2D eigenvalue weighted by atomic mass is 32.1. The first-order valence-electron chi connectivity index (χ1n) is 18.7. The van der Waals surface area contributed by atoms with Gasteiger partial charge in [0.15, 0.2) is 23.3 Å². The van der Waals surface area contributed by atoms with Crippen LogP contribution in [0.1, 0.15) is 0 Å². The molecule has 0 aliphatic heterocycles. The summed E-state index contributed by atoms with van der Waals surface area (Å²) in [6, 6.07) is 56.2. The fourth-order valence-electron chi connectivity index (χ4n) is 7.92. The standard InChI is InChI=1S/C49H27N5OS2/c1-3-13-28(14-4-1)42-45-43(34-18-8-10-23-38(34)57-45)51-47(50-42)30-25-26-33-40(27-30)56-39-24-12-20-35(41(33)39)48-52-46(29-15-5-2-6-16-29)53-49(54-48)36-21-11-19-32-31-17-7-9-22-37(31)55-44(32)36/h1-27H. The first-order valence-corrected chi connectivity index (χ1v) is 20.3. The highest BCUT2D eigenvalue weighted by molar-refractivity contribution is 7.26. The maximum absolute atomic E-state index is 6.46. The number of rotatable bonds is 5. The van der Waals surface area contributed by atoms with Crippen LogP contribution in [0.4, 0.5) is 0 Å². The van der Waals surface area contributed by atoms with Gasteiger partial charge >= 0.3 is 0 Å². The van der Waals surface area contributed by atoms with Gasteiger partial charge in [-0.2, -0.15) is 0 Å². The quantitative estimate of drug-likeness (QED) is 0.174. The van der Waals surface area contributed by atoms with Gasteiger partial charge in [0.05, 0.1) is 21.5 Å². The van der Waals surface area contributed by atoms with Crippen LogP contribution in [-0.2, 0) is 0 Å². The van der Waals surface area contributed by atoms with Crippen molar-refractivity contribution in [3.63, 3.8) is 0 Å². The molecule has 0 saturated carbocycles. The Kier molecular flexibility index (Phi) is 7.17.